The lowest BCUT2D eigenvalue weighted by Gasteiger charge is -2.14. The van der Waals surface area contributed by atoms with E-state index in [0.29, 0.717) is 11.8 Å². The minimum atomic E-state index is 0.0237. The van der Waals surface area contributed by atoms with Crippen LogP contribution < -0.4 is 5.73 Å². The average Bonchev–Trinajstić information content (AvgIpc) is 3.35. The van der Waals surface area contributed by atoms with Crippen LogP contribution in [0, 0.1) is 5.92 Å². The molecule has 1 aromatic heterocycles. The van der Waals surface area contributed by atoms with Gasteiger partial charge in [0, 0.05) is 18.4 Å². The van der Waals surface area contributed by atoms with Gasteiger partial charge in [0.15, 0.2) is 0 Å². The molecule has 0 bridgehead atoms. The fourth-order valence-corrected chi connectivity index (χ4v) is 3.21. The molecule has 2 N–H and O–H groups in total. The monoisotopic (exact) mass is 275 g/mol. The van der Waals surface area contributed by atoms with Gasteiger partial charge in [-0.25, -0.2) is 0 Å². The summed E-state index contributed by atoms with van der Waals surface area (Å²) in [4.78, 5) is 8.83. The molecule has 0 aliphatic heterocycles. The van der Waals surface area contributed by atoms with Crippen LogP contribution in [0.1, 0.15) is 29.5 Å². The van der Waals surface area contributed by atoms with E-state index in [1.807, 2.05) is 12.1 Å². The predicted octanol–water partition coefficient (Wildman–Crippen LogP) is 3.43. The molecule has 1 heterocycles. The Balaban J connectivity index is 1.65. The lowest BCUT2D eigenvalue weighted by atomic mass is 9.98. The number of nitrogens with zero attached hydrogens (tertiary/aromatic N) is 2. The second-order valence-electron chi connectivity index (χ2n) is 5.71. The Kier molecular flexibility index (Phi) is 2.93. The van der Waals surface area contributed by atoms with E-state index in [2.05, 4.69) is 46.4 Å². The van der Waals surface area contributed by atoms with Crippen molar-refractivity contribution in [3.63, 3.8) is 0 Å². The van der Waals surface area contributed by atoms with Crippen LogP contribution in [0.2, 0.25) is 0 Å². The second-order valence-corrected chi connectivity index (χ2v) is 5.71. The molecule has 3 heteroatoms. The fraction of sp³-hybridized carbons (Fsp3) is 0.222. The maximum atomic E-state index is 6.53. The third kappa shape index (κ3) is 2.20. The molecule has 1 aliphatic rings. The summed E-state index contributed by atoms with van der Waals surface area (Å²) in [5.74, 6) is 1.08. The first-order valence-corrected chi connectivity index (χ1v) is 7.35. The standard InChI is InChI=1S/C18H17N3/c19-17(15-11-14(15)12-5-2-1-3-6-12)13-7-4-8-16-18(13)21-10-9-20-16/h1-10,14-15,17H,11,19H2. The van der Waals surface area contributed by atoms with Crippen molar-refractivity contribution in [1.82, 2.24) is 9.97 Å². The smallest absolute Gasteiger partial charge is 0.0934 e. The highest BCUT2D eigenvalue weighted by Crippen LogP contribution is 2.53. The number of aromatic nitrogens is 2. The Hall–Kier alpha value is -2.26. The zero-order valence-corrected chi connectivity index (χ0v) is 11.7. The highest BCUT2D eigenvalue weighted by molar-refractivity contribution is 5.78. The number of rotatable bonds is 3. The van der Waals surface area contributed by atoms with Gasteiger partial charge >= 0.3 is 0 Å². The lowest BCUT2D eigenvalue weighted by molar-refractivity contribution is 0.619. The normalized spacial score (nSPS) is 22.1. The molecule has 1 aliphatic carbocycles. The molecular weight excluding hydrogens is 258 g/mol. The summed E-state index contributed by atoms with van der Waals surface area (Å²) < 4.78 is 0. The van der Waals surface area contributed by atoms with Crippen LogP contribution >= 0.6 is 0 Å². The van der Waals surface area contributed by atoms with Gasteiger partial charge in [-0.2, -0.15) is 0 Å². The Morgan fingerprint density at radius 2 is 1.76 bits per heavy atom. The van der Waals surface area contributed by atoms with Gasteiger partial charge in [0.1, 0.15) is 0 Å². The molecule has 2 aromatic carbocycles. The van der Waals surface area contributed by atoms with Crippen molar-refractivity contribution in [1.29, 1.82) is 0 Å². The summed E-state index contributed by atoms with van der Waals surface area (Å²) in [5.41, 5.74) is 10.9. The van der Waals surface area contributed by atoms with Gasteiger partial charge < -0.3 is 5.73 Å². The van der Waals surface area contributed by atoms with E-state index in [0.717, 1.165) is 23.0 Å². The number of benzene rings is 2. The quantitative estimate of drug-likeness (QED) is 0.796. The molecule has 0 saturated heterocycles. The average molecular weight is 275 g/mol. The van der Waals surface area contributed by atoms with E-state index in [1.54, 1.807) is 12.4 Å². The third-order valence-electron chi connectivity index (χ3n) is 4.42. The number of hydrogen-bond acceptors (Lipinski definition) is 3. The van der Waals surface area contributed by atoms with Crippen molar-refractivity contribution >= 4 is 11.0 Å². The molecule has 0 amide bonds. The molecule has 0 spiro atoms. The highest BCUT2D eigenvalue weighted by Gasteiger charge is 2.43. The minimum absolute atomic E-state index is 0.0237. The zero-order valence-electron chi connectivity index (χ0n) is 11.7. The Labute approximate surface area is 123 Å². The van der Waals surface area contributed by atoms with Crippen molar-refractivity contribution in [3.05, 3.63) is 72.1 Å². The summed E-state index contributed by atoms with van der Waals surface area (Å²) in [5, 5.41) is 0. The zero-order chi connectivity index (χ0) is 14.2. The molecule has 3 aromatic rings. The fourth-order valence-electron chi connectivity index (χ4n) is 3.21. The van der Waals surface area contributed by atoms with Crippen LogP contribution in [0.3, 0.4) is 0 Å². The number of hydrogen-bond donors (Lipinski definition) is 1. The number of para-hydroxylation sites is 1. The first-order chi connectivity index (χ1) is 10.3. The molecule has 3 atom stereocenters. The second kappa shape index (κ2) is 4.93. The molecule has 1 fully saturated rings. The van der Waals surface area contributed by atoms with Gasteiger partial charge in [0.25, 0.3) is 0 Å². The summed E-state index contributed by atoms with van der Waals surface area (Å²) >= 11 is 0. The maximum Gasteiger partial charge on any atom is 0.0934 e. The lowest BCUT2D eigenvalue weighted by Crippen LogP contribution is -2.14. The van der Waals surface area contributed by atoms with E-state index in [4.69, 9.17) is 5.73 Å². The van der Waals surface area contributed by atoms with Crippen LogP contribution in [-0.2, 0) is 0 Å². The Morgan fingerprint density at radius 1 is 0.952 bits per heavy atom. The molecule has 21 heavy (non-hydrogen) atoms. The van der Waals surface area contributed by atoms with E-state index in [1.165, 1.54) is 5.56 Å². The van der Waals surface area contributed by atoms with Gasteiger partial charge in [0.2, 0.25) is 0 Å². The molecule has 1 saturated carbocycles. The van der Waals surface area contributed by atoms with Crippen LogP contribution in [0.15, 0.2) is 60.9 Å². The summed E-state index contributed by atoms with van der Waals surface area (Å²) in [6.07, 6.45) is 4.61. The first kappa shape index (κ1) is 12.5. The van der Waals surface area contributed by atoms with E-state index in [9.17, 15) is 0 Å². The van der Waals surface area contributed by atoms with E-state index < -0.39 is 0 Å². The first-order valence-electron chi connectivity index (χ1n) is 7.35. The van der Waals surface area contributed by atoms with Gasteiger partial charge in [-0.3, -0.25) is 9.97 Å². The van der Waals surface area contributed by atoms with Gasteiger partial charge in [-0.1, -0.05) is 42.5 Å². The SMILES string of the molecule is NC(c1cccc2nccnc12)C1CC1c1ccccc1. The molecular formula is C18H17N3. The molecule has 0 radical (unpaired) electrons. The van der Waals surface area contributed by atoms with Crippen molar-refractivity contribution in [2.24, 2.45) is 11.7 Å². The largest absolute Gasteiger partial charge is 0.324 e. The van der Waals surface area contributed by atoms with Crippen LogP contribution in [-0.4, -0.2) is 9.97 Å². The van der Waals surface area contributed by atoms with Crippen molar-refractivity contribution < 1.29 is 0 Å². The minimum Gasteiger partial charge on any atom is -0.324 e. The van der Waals surface area contributed by atoms with Gasteiger partial charge in [-0.05, 0) is 35.4 Å². The van der Waals surface area contributed by atoms with E-state index >= 15 is 0 Å². The predicted molar refractivity (Wildman–Crippen MR) is 83.8 cm³/mol. The maximum absolute atomic E-state index is 6.53. The van der Waals surface area contributed by atoms with Gasteiger partial charge in [-0.15, -0.1) is 0 Å². The van der Waals surface area contributed by atoms with Crippen LogP contribution in [0.4, 0.5) is 0 Å². The summed E-state index contributed by atoms with van der Waals surface area (Å²) in [6.45, 7) is 0. The Morgan fingerprint density at radius 3 is 2.62 bits per heavy atom. The topological polar surface area (TPSA) is 51.8 Å². The van der Waals surface area contributed by atoms with Crippen LogP contribution in [0.5, 0.6) is 0 Å². The van der Waals surface area contributed by atoms with Crippen molar-refractivity contribution in [3.8, 4) is 0 Å². The molecule has 3 unspecified atom stereocenters. The summed E-state index contributed by atoms with van der Waals surface area (Å²) in [6, 6.07) is 16.8. The van der Waals surface area contributed by atoms with Crippen molar-refractivity contribution in [2.75, 3.05) is 0 Å². The molecule has 4 rings (SSSR count). The number of fused-ring (bicyclic) bond motifs is 1. The third-order valence-corrected chi connectivity index (χ3v) is 4.42. The summed E-state index contributed by atoms with van der Waals surface area (Å²) in [7, 11) is 0. The van der Waals surface area contributed by atoms with E-state index in [-0.39, 0.29) is 6.04 Å². The van der Waals surface area contributed by atoms with Crippen LogP contribution in [0.25, 0.3) is 11.0 Å². The van der Waals surface area contributed by atoms with Gasteiger partial charge in [0.05, 0.1) is 11.0 Å². The Bertz CT molecular complexity index is 764. The molecule has 3 nitrogen and oxygen atoms in total. The number of nitrogens with two attached hydrogens (primary N) is 1. The molecule has 104 valence electrons. The highest BCUT2D eigenvalue weighted by atomic mass is 14.8. The van der Waals surface area contributed by atoms with Crippen molar-refractivity contribution in [2.45, 2.75) is 18.4 Å².